The van der Waals surface area contributed by atoms with Gasteiger partial charge in [-0.15, -0.1) is 0 Å². The number of nitrogens with one attached hydrogen (secondary N) is 1. The normalized spacial score (nSPS) is 23.2. The van der Waals surface area contributed by atoms with E-state index in [0.717, 1.165) is 57.8 Å². The molecule has 0 radical (unpaired) electrons. The van der Waals surface area contributed by atoms with Gasteiger partial charge in [-0.05, 0) is 44.9 Å². The van der Waals surface area contributed by atoms with Crippen LogP contribution in [-0.2, 0) is 23.7 Å². The van der Waals surface area contributed by atoms with Crippen molar-refractivity contribution in [3.63, 3.8) is 0 Å². The van der Waals surface area contributed by atoms with Crippen LogP contribution in [0.5, 0.6) is 0 Å². The van der Waals surface area contributed by atoms with E-state index in [1.807, 2.05) is 0 Å². The van der Waals surface area contributed by atoms with Crippen LogP contribution >= 0.6 is 0 Å². The fraction of sp³-hybridized carbons (Fsp3) is 0.932. The number of hydrogen-bond acceptors (Lipinski definition) is 13. The second-order valence-electron chi connectivity index (χ2n) is 26.8. The molecule has 2 aliphatic heterocycles. The number of rotatable bonds is 63. The lowest BCUT2D eigenvalue weighted by Crippen LogP contribution is -2.65. The summed E-state index contributed by atoms with van der Waals surface area (Å²) in [5, 5.41) is 87.7. The van der Waals surface area contributed by atoms with Crippen LogP contribution in [0.25, 0.3) is 0 Å². The maximum absolute atomic E-state index is 13.4. The van der Waals surface area contributed by atoms with E-state index >= 15 is 0 Å². The van der Waals surface area contributed by atoms with Crippen LogP contribution in [0, 0.1) is 0 Å². The third-order valence-corrected chi connectivity index (χ3v) is 18.7. The molecule has 12 atom stereocenters. The summed E-state index contributed by atoms with van der Waals surface area (Å²) in [7, 11) is 0. The Morgan fingerprint density at radius 1 is 0.409 bits per heavy atom. The number of unbranched alkanes of at least 4 members (excludes halogenated alkanes) is 46. The highest BCUT2D eigenvalue weighted by Gasteiger charge is 2.51. The van der Waals surface area contributed by atoms with Crippen LogP contribution in [0.4, 0.5) is 0 Å². The predicted octanol–water partition coefficient (Wildman–Crippen LogP) is 15.9. The Morgan fingerprint density at radius 2 is 0.750 bits per heavy atom. The van der Waals surface area contributed by atoms with Crippen LogP contribution in [0.1, 0.15) is 348 Å². The van der Waals surface area contributed by atoms with Gasteiger partial charge in [0.2, 0.25) is 5.91 Å². The first-order valence-corrected chi connectivity index (χ1v) is 37.6. The quantitative estimate of drug-likeness (QED) is 0.0204. The van der Waals surface area contributed by atoms with E-state index in [2.05, 4.69) is 43.5 Å². The molecule has 520 valence electrons. The maximum Gasteiger partial charge on any atom is 0.220 e. The average molecular weight is 1250 g/mol. The summed E-state index contributed by atoms with van der Waals surface area (Å²) in [5.74, 6) is -0.199. The van der Waals surface area contributed by atoms with Crippen molar-refractivity contribution in [2.45, 2.75) is 421 Å². The predicted molar refractivity (Wildman–Crippen MR) is 360 cm³/mol. The van der Waals surface area contributed by atoms with Crippen molar-refractivity contribution in [3.8, 4) is 0 Å². The molecule has 14 nitrogen and oxygen atoms in total. The maximum atomic E-state index is 13.4. The summed E-state index contributed by atoms with van der Waals surface area (Å²) in [5.41, 5.74) is 0. The second-order valence-corrected chi connectivity index (χ2v) is 26.8. The standard InChI is InChI=1S/C74H141NO13/c1-3-5-7-9-11-13-15-17-19-21-23-25-26-27-28-29-30-31-32-33-34-35-36-38-40-42-44-46-48-50-52-54-56-58-66(79)75-62(63(78)57-55-53-51-49-47-45-43-41-39-37-24-22-20-18-16-14-12-10-8-6-4-2)61-85-73-71(84)69(82)72(65(60-77)87-73)88-74-70(83)68(81)67(80)64(59-76)86-74/h15,17,21,23,62-65,67-74,76-78,80-84H,3-14,16,18-20,22,24-61H2,1-2H3,(H,75,79)/b17-15-,23-21-. The van der Waals surface area contributed by atoms with E-state index in [4.69, 9.17) is 18.9 Å². The number of allylic oxidation sites excluding steroid dienone is 4. The van der Waals surface area contributed by atoms with Crippen molar-refractivity contribution in [3.05, 3.63) is 24.3 Å². The average Bonchev–Trinajstić information content (AvgIpc) is 2.07. The van der Waals surface area contributed by atoms with Gasteiger partial charge in [-0.1, -0.05) is 321 Å². The van der Waals surface area contributed by atoms with Gasteiger partial charge in [0.25, 0.3) is 0 Å². The number of amides is 1. The second kappa shape index (κ2) is 59.2. The van der Waals surface area contributed by atoms with E-state index in [1.54, 1.807) is 0 Å². The molecule has 2 saturated heterocycles. The molecule has 0 spiro atoms. The molecule has 14 heteroatoms. The minimum absolute atomic E-state index is 0.199. The lowest BCUT2D eigenvalue weighted by molar-refractivity contribution is -0.359. The fourth-order valence-electron chi connectivity index (χ4n) is 12.7. The Bertz CT molecular complexity index is 1570. The molecule has 0 aliphatic carbocycles. The number of ether oxygens (including phenoxy) is 4. The highest BCUT2D eigenvalue weighted by Crippen LogP contribution is 2.30. The molecular weight excluding hydrogens is 1110 g/mol. The minimum atomic E-state index is -1.78. The molecular formula is C74H141NO13. The van der Waals surface area contributed by atoms with Gasteiger partial charge < -0.3 is 65.1 Å². The number of aliphatic hydroxyl groups excluding tert-OH is 8. The summed E-state index contributed by atoms with van der Waals surface area (Å²) >= 11 is 0. The number of hydrogen-bond donors (Lipinski definition) is 9. The molecule has 9 N–H and O–H groups in total. The van der Waals surface area contributed by atoms with Gasteiger partial charge in [0.05, 0.1) is 32.0 Å². The third-order valence-electron chi connectivity index (χ3n) is 18.7. The molecule has 0 aromatic heterocycles. The lowest BCUT2D eigenvalue weighted by Gasteiger charge is -2.46. The van der Waals surface area contributed by atoms with Crippen molar-refractivity contribution in [1.29, 1.82) is 0 Å². The summed E-state index contributed by atoms with van der Waals surface area (Å²) in [6.45, 7) is 2.91. The molecule has 2 heterocycles. The Morgan fingerprint density at radius 3 is 1.14 bits per heavy atom. The summed E-state index contributed by atoms with van der Waals surface area (Å²) in [4.78, 5) is 13.4. The molecule has 0 bridgehead atoms. The lowest BCUT2D eigenvalue weighted by atomic mass is 9.97. The molecule has 0 aromatic rings. The molecule has 0 saturated carbocycles. The zero-order valence-electron chi connectivity index (χ0n) is 56.7. The highest BCUT2D eigenvalue weighted by atomic mass is 16.7. The molecule has 12 unspecified atom stereocenters. The molecule has 1 amide bonds. The van der Waals surface area contributed by atoms with Gasteiger partial charge in [0, 0.05) is 6.42 Å². The Kier molecular flexibility index (Phi) is 55.6. The number of carbonyl (C=O) groups excluding carboxylic acids is 1. The summed E-state index contributed by atoms with van der Waals surface area (Å²) in [6, 6.07) is -0.827. The van der Waals surface area contributed by atoms with Crippen molar-refractivity contribution in [2.24, 2.45) is 0 Å². The van der Waals surface area contributed by atoms with Gasteiger partial charge in [-0.3, -0.25) is 4.79 Å². The van der Waals surface area contributed by atoms with Gasteiger partial charge >= 0.3 is 0 Å². The Labute approximate surface area is 539 Å². The smallest absolute Gasteiger partial charge is 0.220 e. The van der Waals surface area contributed by atoms with E-state index in [-0.39, 0.29) is 12.5 Å². The highest BCUT2D eigenvalue weighted by molar-refractivity contribution is 5.76. The van der Waals surface area contributed by atoms with Crippen LogP contribution in [0.2, 0.25) is 0 Å². The van der Waals surface area contributed by atoms with E-state index in [9.17, 15) is 45.6 Å². The monoisotopic (exact) mass is 1250 g/mol. The first-order valence-electron chi connectivity index (χ1n) is 37.6. The van der Waals surface area contributed by atoms with E-state index in [1.165, 1.54) is 263 Å². The molecule has 2 aliphatic rings. The van der Waals surface area contributed by atoms with Gasteiger partial charge in [0.15, 0.2) is 12.6 Å². The van der Waals surface area contributed by atoms with Crippen LogP contribution in [0.15, 0.2) is 24.3 Å². The minimum Gasteiger partial charge on any atom is -0.394 e. The van der Waals surface area contributed by atoms with Crippen molar-refractivity contribution >= 4 is 5.91 Å². The van der Waals surface area contributed by atoms with Crippen LogP contribution in [0.3, 0.4) is 0 Å². The zero-order chi connectivity index (χ0) is 63.8. The number of carbonyl (C=O) groups is 1. The van der Waals surface area contributed by atoms with Crippen molar-refractivity contribution in [1.82, 2.24) is 5.32 Å². The SMILES string of the molecule is CCCCCCC/C=C\C/C=C\CCCCCCCCCCCCCCCCCCCCCCCC(=O)NC(COC1OC(CO)C(OC2OC(CO)C(O)C(O)C2O)C(O)C1O)C(O)CCCCCCCCCCCCCCCCCCCCCCC. The summed E-state index contributed by atoms with van der Waals surface area (Å²) in [6.07, 6.45) is 57.8. The number of aliphatic hydroxyl groups is 8. The van der Waals surface area contributed by atoms with Crippen LogP contribution < -0.4 is 5.32 Å². The first kappa shape index (κ1) is 82.6. The molecule has 2 fully saturated rings. The van der Waals surface area contributed by atoms with Crippen LogP contribution in [-0.4, -0.2) is 140 Å². The Hall–Kier alpha value is -1.53. The molecule has 0 aromatic carbocycles. The third kappa shape index (κ3) is 42.6. The van der Waals surface area contributed by atoms with E-state index < -0.39 is 86.8 Å². The van der Waals surface area contributed by atoms with Crippen molar-refractivity contribution in [2.75, 3.05) is 19.8 Å². The van der Waals surface area contributed by atoms with Crippen molar-refractivity contribution < 1.29 is 64.6 Å². The van der Waals surface area contributed by atoms with E-state index in [0.29, 0.717) is 12.8 Å². The molecule has 88 heavy (non-hydrogen) atoms. The van der Waals surface area contributed by atoms with Gasteiger partial charge in [-0.2, -0.15) is 0 Å². The fourth-order valence-corrected chi connectivity index (χ4v) is 12.7. The van der Waals surface area contributed by atoms with Gasteiger partial charge in [0.1, 0.15) is 48.8 Å². The molecule has 2 rings (SSSR count). The Balaban J connectivity index is 1.61. The topological polar surface area (TPSA) is 228 Å². The summed E-state index contributed by atoms with van der Waals surface area (Å²) < 4.78 is 23.0. The first-order chi connectivity index (χ1) is 43.1. The van der Waals surface area contributed by atoms with Gasteiger partial charge in [-0.25, -0.2) is 0 Å². The largest absolute Gasteiger partial charge is 0.394 e. The zero-order valence-corrected chi connectivity index (χ0v) is 56.7.